The van der Waals surface area contributed by atoms with Crippen molar-refractivity contribution >= 4 is 28.5 Å². The lowest BCUT2D eigenvalue weighted by molar-refractivity contribution is 0.0926. The zero-order valence-electron chi connectivity index (χ0n) is 16.3. The van der Waals surface area contributed by atoms with Gasteiger partial charge in [-0.1, -0.05) is 6.92 Å². The normalized spacial score (nSPS) is 17.1. The summed E-state index contributed by atoms with van der Waals surface area (Å²) in [6, 6.07) is 6.21. The second kappa shape index (κ2) is 7.51. The number of aromatic nitrogens is 4. The molecule has 1 fully saturated rings. The fourth-order valence-corrected chi connectivity index (χ4v) is 3.59. The molecule has 1 saturated heterocycles. The predicted molar refractivity (Wildman–Crippen MR) is 110 cm³/mol. The first-order valence-electron chi connectivity index (χ1n) is 9.37. The molecule has 9 heteroatoms. The van der Waals surface area contributed by atoms with Crippen LogP contribution in [0.4, 0.5) is 17.6 Å². The molecule has 9 nitrogen and oxygen atoms in total. The van der Waals surface area contributed by atoms with Gasteiger partial charge in [0.05, 0.1) is 43.0 Å². The highest BCUT2D eigenvalue weighted by Gasteiger charge is 2.24. The highest BCUT2D eigenvalue weighted by atomic mass is 16.5. The second-order valence-corrected chi connectivity index (χ2v) is 6.73. The maximum Gasteiger partial charge on any atom is 0.224 e. The zero-order valence-corrected chi connectivity index (χ0v) is 16.3. The largest absolute Gasteiger partial charge is 0.496 e. The molecule has 1 aliphatic heterocycles. The van der Waals surface area contributed by atoms with E-state index >= 15 is 0 Å². The molecule has 1 aromatic carbocycles. The molecule has 0 aliphatic carbocycles. The topological polar surface area (TPSA) is 114 Å². The predicted octanol–water partition coefficient (Wildman–Crippen LogP) is 2.27. The van der Waals surface area contributed by atoms with Gasteiger partial charge in [0.15, 0.2) is 5.82 Å². The number of nitrogen functional groups attached to an aromatic ring is 1. The SMILES string of the molecule is CC[C@@H]1COCCN1c1cc(-c2cc(OC)c3c(N)n[nH]c3c2)nc(NC)n1. The molecule has 4 rings (SSSR count). The summed E-state index contributed by atoms with van der Waals surface area (Å²) >= 11 is 0. The van der Waals surface area contributed by atoms with Crippen molar-refractivity contribution < 1.29 is 9.47 Å². The molecule has 28 heavy (non-hydrogen) atoms. The first kappa shape index (κ1) is 18.3. The third kappa shape index (κ3) is 3.18. The average Bonchev–Trinajstić information content (AvgIpc) is 3.13. The molecule has 2 aromatic heterocycles. The minimum absolute atomic E-state index is 0.297. The van der Waals surface area contributed by atoms with Gasteiger partial charge in [-0.05, 0) is 18.6 Å². The first-order chi connectivity index (χ1) is 13.6. The molecule has 1 atom stereocenters. The van der Waals surface area contributed by atoms with Gasteiger partial charge in [-0.2, -0.15) is 10.1 Å². The van der Waals surface area contributed by atoms with E-state index < -0.39 is 0 Å². The molecule has 0 bridgehead atoms. The lowest BCUT2D eigenvalue weighted by Crippen LogP contribution is -2.45. The third-order valence-corrected chi connectivity index (χ3v) is 5.10. The van der Waals surface area contributed by atoms with Crippen molar-refractivity contribution in [2.75, 3.05) is 49.9 Å². The maximum atomic E-state index is 5.96. The van der Waals surface area contributed by atoms with Crippen molar-refractivity contribution in [1.82, 2.24) is 20.2 Å². The van der Waals surface area contributed by atoms with E-state index in [4.69, 9.17) is 15.2 Å². The third-order valence-electron chi connectivity index (χ3n) is 5.10. The Bertz CT molecular complexity index is 988. The van der Waals surface area contributed by atoms with Crippen molar-refractivity contribution in [2.24, 2.45) is 0 Å². The van der Waals surface area contributed by atoms with Crippen LogP contribution in [0.1, 0.15) is 13.3 Å². The second-order valence-electron chi connectivity index (χ2n) is 6.73. The van der Waals surface area contributed by atoms with Gasteiger partial charge in [0, 0.05) is 25.2 Å². The van der Waals surface area contributed by atoms with E-state index in [0.717, 1.165) is 40.9 Å². The van der Waals surface area contributed by atoms with Gasteiger partial charge in [-0.15, -0.1) is 0 Å². The number of benzene rings is 1. The molecular weight excluding hydrogens is 358 g/mol. The number of nitrogens with zero attached hydrogens (tertiary/aromatic N) is 4. The van der Waals surface area contributed by atoms with E-state index in [1.54, 1.807) is 7.11 Å². The smallest absolute Gasteiger partial charge is 0.224 e. The summed E-state index contributed by atoms with van der Waals surface area (Å²) in [6.07, 6.45) is 0.988. The summed E-state index contributed by atoms with van der Waals surface area (Å²) < 4.78 is 11.2. The molecule has 148 valence electrons. The van der Waals surface area contributed by atoms with E-state index in [-0.39, 0.29) is 0 Å². The first-order valence-corrected chi connectivity index (χ1v) is 9.37. The number of morpholine rings is 1. The fraction of sp³-hybridized carbons (Fsp3) is 0.421. The molecule has 1 aliphatic rings. The number of nitrogens with one attached hydrogen (secondary N) is 2. The van der Waals surface area contributed by atoms with Gasteiger partial charge in [0.25, 0.3) is 0 Å². The number of aromatic amines is 1. The highest BCUT2D eigenvalue weighted by molar-refractivity contribution is 5.97. The van der Waals surface area contributed by atoms with Crippen molar-refractivity contribution in [2.45, 2.75) is 19.4 Å². The minimum atomic E-state index is 0.297. The average molecular weight is 383 g/mol. The molecule has 0 unspecified atom stereocenters. The van der Waals surface area contributed by atoms with E-state index in [1.807, 2.05) is 25.2 Å². The van der Waals surface area contributed by atoms with E-state index in [0.29, 0.717) is 36.8 Å². The maximum absolute atomic E-state index is 5.96. The van der Waals surface area contributed by atoms with Gasteiger partial charge in [-0.3, -0.25) is 5.10 Å². The molecule has 3 aromatic rings. The minimum Gasteiger partial charge on any atom is -0.496 e. The Labute approximate surface area is 163 Å². The summed E-state index contributed by atoms with van der Waals surface area (Å²) in [7, 11) is 3.44. The number of H-pyrrole nitrogens is 1. The number of fused-ring (bicyclic) bond motifs is 1. The Morgan fingerprint density at radius 3 is 2.96 bits per heavy atom. The molecule has 0 saturated carbocycles. The Hall–Kier alpha value is -3.07. The van der Waals surface area contributed by atoms with Crippen molar-refractivity contribution in [1.29, 1.82) is 0 Å². The Morgan fingerprint density at radius 1 is 1.36 bits per heavy atom. The van der Waals surface area contributed by atoms with Crippen LogP contribution in [0.15, 0.2) is 18.2 Å². The Morgan fingerprint density at radius 2 is 2.21 bits per heavy atom. The highest BCUT2D eigenvalue weighted by Crippen LogP contribution is 2.35. The molecule has 0 amide bonds. The van der Waals surface area contributed by atoms with Crippen LogP contribution in [0.5, 0.6) is 5.75 Å². The number of hydrogen-bond acceptors (Lipinski definition) is 8. The van der Waals surface area contributed by atoms with Crippen molar-refractivity contribution in [3.8, 4) is 17.0 Å². The van der Waals surface area contributed by atoms with Crippen LogP contribution >= 0.6 is 0 Å². The van der Waals surface area contributed by atoms with Crippen LogP contribution in [-0.2, 0) is 4.74 Å². The zero-order chi connectivity index (χ0) is 19.7. The van der Waals surface area contributed by atoms with Crippen LogP contribution < -0.4 is 20.7 Å². The van der Waals surface area contributed by atoms with E-state index in [1.165, 1.54) is 0 Å². The van der Waals surface area contributed by atoms with Crippen LogP contribution in [0.25, 0.3) is 22.2 Å². The fourth-order valence-electron chi connectivity index (χ4n) is 3.59. The molecule has 0 spiro atoms. The van der Waals surface area contributed by atoms with Crippen molar-refractivity contribution in [3.05, 3.63) is 18.2 Å². The summed E-state index contributed by atoms with van der Waals surface area (Å²) in [5, 5.41) is 10.9. The van der Waals surface area contributed by atoms with Crippen LogP contribution in [-0.4, -0.2) is 60.1 Å². The summed E-state index contributed by atoms with van der Waals surface area (Å²) in [6.45, 7) is 4.36. The number of methoxy groups -OCH3 is 1. The molecular formula is C19H25N7O2. The van der Waals surface area contributed by atoms with Crippen LogP contribution in [0.3, 0.4) is 0 Å². The summed E-state index contributed by atoms with van der Waals surface area (Å²) in [5.74, 6) is 2.52. The molecule has 4 N–H and O–H groups in total. The van der Waals surface area contributed by atoms with Gasteiger partial charge in [0.2, 0.25) is 5.95 Å². The van der Waals surface area contributed by atoms with Gasteiger partial charge < -0.3 is 25.4 Å². The Balaban J connectivity index is 1.82. The van der Waals surface area contributed by atoms with Gasteiger partial charge in [-0.25, -0.2) is 4.98 Å². The van der Waals surface area contributed by atoms with E-state index in [2.05, 4.69) is 37.3 Å². The van der Waals surface area contributed by atoms with Crippen LogP contribution in [0, 0.1) is 0 Å². The standard InChI is InChI=1S/C19H25N7O2/c1-4-12-10-28-6-5-26(12)16-9-13(22-19(21-2)23-16)11-7-14-17(15(8-11)27-3)18(20)25-24-14/h7-9,12H,4-6,10H2,1-3H3,(H3,20,24,25)(H,21,22,23)/t12-/m1/s1. The van der Waals surface area contributed by atoms with Gasteiger partial charge >= 0.3 is 0 Å². The quantitative estimate of drug-likeness (QED) is 0.615. The number of hydrogen-bond donors (Lipinski definition) is 3. The number of rotatable bonds is 5. The van der Waals surface area contributed by atoms with E-state index in [9.17, 15) is 0 Å². The van der Waals surface area contributed by atoms with Crippen LogP contribution in [0.2, 0.25) is 0 Å². The lowest BCUT2D eigenvalue weighted by Gasteiger charge is -2.36. The Kier molecular flexibility index (Phi) is 4.91. The molecule has 3 heterocycles. The van der Waals surface area contributed by atoms with Gasteiger partial charge in [0.1, 0.15) is 11.6 Å². The molecule has 0 radical (unpaired) electrons. The summed E-state index contributed by atoms with van der Waals surface area (Å²) in [4.78, 5) is 11.6. The lowest BCUT2D eigenvalue weighted by atomic mass is 10.1. The monoisotopic (exact) mass is 383 g/mol. The summed E-state index contributed by atoms with van der Waals surface area (Å²) in [5.41, 5.74) is 8.46. The number of anilines is 3. The van der Waals surface area contributed by atoms with Crippen molar-refractivity contribution in [3.63, 3.8) is 0 Å². The number of nitrogens with two attached hydrogens (primary N) is 1. The number of ether oxygens (including phenoxy) is 2.